The predicted molar refractivity (Wildman–Crippen MR) is 96.2 cm³/mol. The summed E-state index contributed by atoms with van der Waals surface area (Å²) < 4.78 is 0. The van der Waals surface area contributed by atoms with Crippen molar-refractivity contribution in [1.82, 2.24) is 15.5 Å². The van der Waals surface area contributed by atoms with Gasteiger partial charge in [-0.3, -0.25) is 4.79 Å². The maximum atomic E-state index is 12.3. The van der Waals surface area contributed by atoms with Crippen LogP contribution in [0.15, 0.2) is 18.2 Å². The summed E-state index contributed by atoms with van der Waals surface area (Å²) in [4.78, 5) is 14.6. The Kier molecular flexibility index (Phi) is 9.69. The van der Waals surface area contributed by atoms with Gasteiger partial charge in [-0.15, -0.1) is 24.8 Å². The minimum absolute atomic E-state index is 0. The Balaban J connectivity index is 0.00000220. The molecule has 0 bridgehead atoms. The van der Waals surface area contributed by atoms with Gasteiger partial charge in [0.15, 0.2) is 0 Å². The molecule has 2 rings (SSSR count). The number of likely N-dealkylation sites (N-methyl/N-ethyl adjacent to an activating group) is 1. The molecule has 22 heavy (non-hydrogen) atoms. The van der Waals surface area contributed by atoms with E-state index in [2.05, 4.69) is 42.4 Å². The molecule has 4 nitrogen and oxygen atoms in total. The topological polar surface area (TPSA) is 44.4 Å². The molecule has 6 heteroatoms. The van der Waals surface area contributed by atoms with Crippen molar-refractivity contribution >= 4 is 30.7 Å². The fourth-order valence-corrected chi connectivity index (χ4v) is 2.66. The third-order valence-electron chi connectivity index (χ3n) is 3.90. The average molecular weight is 348 g/mol. The maximum absolute atomic E-state index is 12.3. The highest BCUT2D eigenvalue weighted by Crippen LogP contribution is 2.17. The number of halogens is 2. The molecule has 0 aromatic heterocycles. The van der Waals surface area contributed by atoms with E-state index < -0.39 is 0 Å². The van der Waals surface area contributed by atoms with Crippen molar-refractivity contribution in [2.75, 3.05) is 19.6 Å². The van der Waals surface area contributed by atoms with Crippen LogP contribution in [0.5, 0.6) is 0 Å². The molecule has 1 amide bonds. The van der Waals surface area contributed by atoms with E-state index in [4.69, 9.17) is 0 Å². The fourth-order valence-electron chi connectivity index (χ4n) is 2.66. The third kappa shape index (κ3) is 5.43. The largest absolute Gasteiger partial charge is 0.348 e. The lowest BCUT2D eigenvalue weighted by molar-refractivity contribution is 0.0930. The molecule has 0 aliphatic carbocycles. The Hall–Kier alpha value is -0.810. The average Bonchev–Trinajstić information content (AvgIpc) is 2.91. The number of carbonyl (C=O) groups excluding carboxylic acids is 1. The molecule has 1 heterocycles. The van der Waals surface area contributed by atoms with Crippen LogP contribution in [0.25, 0.3) is 0 Å². The van der Waals surface area contributed by atoms with Crippen molar-refractivity contribution in [3.63, 3.8) is 0 Å². The third-order valence-corrected chi connectivity index (χ3v) is 3.90. The van der Waals surface area contributed by atoms with Crippen molar-refractivity contribution in [1.29, 1.82) is 0 Å². The number of fused-ring (bicyclic) bond motifs is 1. The second kappa shape index (κ2) is 10.1. The van der Waals surface area contributed by atoms with Crippen molar-refractivity contribution in [2.24, 2.45) is 0 Å². The number of nitrogens with one attached hydrogen (secondary N) is 2. The van der Waals surface area contributed by atoms with Gasteiger partial charge in [-0.1, -0.05) is 19.9 Å². The number of rotatable bonds is 6. The Morgan fingerprint density at radius 3 is 2.50 bits per heavy atom. The monoisotopic (exact) mass is 347 g/mol. The van der Waals surface area contributed by atoms with E-state index in [0.29, 0.717) is 0 Å². The lowest BCUT2D eigenvalue weighted by atomic mass is 10.1. The molecule has 126 valence electrons. The minimum atomic E-state index is 0. The Labute approximate surface area is 145 Å². The van der Waals surface area contributed by atoms with Gasteiger partial charge in [-0.05, 0) is 43.3 Å². The van der Waals surface area contributed by atoms with Gasteiger partial charge in [0.2, 0.25) is 0 Å². The molecule has 0 saturated heterocycles. The molecule has 1 aliphatic heterocycles. The van der Waals surface area contributed by atoms with Crippen molar-refractivity contribution in [3.8, 4) is 0 Å². The molecular weight excluding hydrogens is 321 g/mol. The Bertz CT molecular complexity index is 478. The molecule has 1 unspecified atom stereocenters. The summed E-state index contributed by atoms with van der Waals surface area (Å²) in [5, 5.41) is 6.38. The first-order chi connectivity index (χ1) is 9.63. The predicted octanol–water partition coefficient (Wildman–Crippen LogP) is 2.59. The van der Waals surface area contributed by atoms with Gasteiger partial charge >= 0.3 is 0 Å². The number of amides is 1. The second-order valence-electron chi connectivity index (χ2n) is 5.45. The van der Waals surface area contributed by atoms with E-state index in [1.807, 2.05) is 12.1 Å². The molecule has 1 atom stereocenters. The standard InChI is InChI=1S/C16H25N3O.2ClH/c1-4-19(5-2)11-12(3)18-16(20)13-6-7-14-9-17-10-15(14)8-13;;/h6-8,12,17H,4-5,9-11H2,1-3H3,(H,18,20);2*1H. The lowest BCUT2D eigenvalue weighted by Gasteiger charge is -2.23. The van der Waals surface area contributed by atoms with Gasteiger partial charge in [0.1, 0.15) is 0 Å². The number of hydrogen-bond acceptors (Lipinski definition) is 3. The minimum Gasteiger partial charge on any atom is -0.348 e. The molecule has 0 saturated carbocycles. The summed E-state index contributed by atoms with van der Waals surface area (Å²) >= 11 is 0. The maximum Gasteiger partial charge on any atom is 0.251 e. The van der Waals surface area contributed by atoms with Gasteiger partial charge in [-0.2, -0.15) is 0 Å². The van der Waals surface area contributed by atoms with Gasteiger partial charge < -0.3 is 15.5 Å². The van der Waals surface area contributed by atoms with Crippen LogP contribution in [0.1, 0.15) is 42.3 Å². The van der Waals surface area contributed by atoms with Crippen LogP contribution in [-0.4, -0.2) is 36.5 Å². The van der Waals surface area contributed by atoms with Gasteiger partial charge in [-0.25, -0.2) is 0 Å². The van der Waals surface area contributed by atoms with E-state index in [-0.39, 0.29) is 36.8 Å². The first-order valence-electron chi connectivity index (χ1n) is 7.49. The van der Waals surface area contributed by atoms with E-state index in [1.165, 1.54) is 11.1 Å². The van der Waals surface area contributed by atoms with Gasteiger partial charge in [0.05, 0.1) is 0 Å². The Morgan fingerprint density at radius 2 is 1.86 bits per heavy atom. The van der Waals surface area contributed by atoms with Gasteiger partial charge in [0, 0.05) is 31.2 Å². The number of nitrogens with zero attached hydrogens (tertiary/aromatic N) is 1. The second-order valence-corrected chi connectivity index (χ2v) is 5.45. The van der Waals surface area contributed by atoms with Crippen LogP contribution in [-0.2, 0) is 13.1 Å². The summed E-state index contributed by atoms with van der Waals surface area (Å²) in [6, 6.07) is 6.15. The SMILES string of the molecule is CCN(CC)CC(C)NC(=O)c1ccc2c(c1)CNC2.Cl.Cl. The highest BCUT2D eigenvalue weighted by Gasteiger charge is 2.15. The van der Waals surface area contributed by atoms with Crippen LogP contribution >= 0.6 is 24.8 Å². The van der Waals surface area contributed by atoms with Crippen LogP contribution in [0.4, 0.5) is 0 Å². The normalized spacial score (nSPS) is 13.8. The highest BCUT2D eigenvalue weighted by atomic mass is 35.5. The molecule has 1 aromatic carbocycles. The number of carbonyl (C=O) groups is 1. The lowest BCUT2D eigenvalue weighted by Crippen LogP contribution is -2.41. The molecular formula is C16H27Cl2N3O. The van der Waals surface area contributed by atoms with E-state index in [0.717, 1.165) is 38.3 Å². The first kappa shape index (κ1) is 21.2. The van der Waals surface area contributed by atoms with Crippen LogP contribution in [0.2, 0.25) is 0 Å². The van der Waals surface area contributed by atoms with Crippen LogP contribution in [0.3, 0.4) is 0 Å². The molecule has 1 aliphatic rings. The van der Waals surface area contributed by atoms with E-state index >= 15 is 0 Å². The zero-order valence-electron chi connectivity index (χ0n) is 13.5. The zero-order valence-corrected chi connectivity index (χ0v) is 15.1. The Morgan fingerprint density at radius 1 is 1.23 bits per heavy atom. The van der Waals surface area contributed by atoms with Crippen molar-refractivity contribution in [3.05, 3.63) is 34.9 Å². The van der Waals surface area contributed by atoms with Crippen LogP contribution in [0, 0.1) is 0 Å². The molecule has 0 fully saturated rings. The summed E-state index contributed by atoms with van der Waals surface area (Å²) in [7, 11) is 0. The zero-order chi connectivity index (χ0) is 14.5. The van der Waals surface area contributed by atoms with Crippen molar-refractivity contribution < 1.29 is 4.79 Å². The van der Waals surface area contributed by atoms with Crippen LogP contribution < -0.4 is 10.6 Å². The molecule has 0 radical (unpaired) electrons. The quantitative estimate of drug-likeness (QED) is 0.831. The summed E-state index contributed by atoms with van der Waals surface area (Å²) in [6.07, 6.45) is 0. The van der Waals surface area contributed by atoms with E-state index in [1.54, 1.807) is 0 Å². The summed E-state index contributed by atoms with van der Waals surface area (Å²) in [5.74, 6) is 0.0272. The number of hydrogen-bond donors (Lipinski definition) is 2. The van der Waals surface area contributed by atoms with E-state index in [9.17, 15) is 4.79 Å². The highest BCUT2D eigenvalue weighted by molar-refractivity contribution is 5.94. The molecule has 1 aromatic rings. The fraction of sp³-hybridized carbons (Fsp3) is 0.562. The van der Waals surface area contributed by atoms with Gasteiger partial charge in [0.25, 0.3) is 5.91 Å². The summed E-state index contributed by atoms with van der Waals surface area (Å²) in [5.41, 5.74) is 3.31. The molecule has 0 spiro atoms. The van der Waals surface area contributed by atoms with Crippen molar-refractivity contribution in [2.45, 2.75) is 39.9 Å². The molecule has 2 N–H and O–H groups in total. The smallest absolute Gasteiger partial charge is 0.251 e. The number of benzene rings is 1. The first-order valence-corrected chi connectivity index (χ1v) is 7.49. The summed E-state index contributed by atoms with van der Waals surface area (Å²) in [6.45, 7) is 11.1.